The number of aromatic nitrogens is 2. The van der Waals surface area contributed by atoms with E-state index in [1.165, 1.54) is 0 Å². The van der Waals surface area contributed by atoms with Gasteiger partial charge in [0.1, 0.15) is 6.04 Å². The lowest BCUT2D eigenvalue weighted by atomic mass is 10.0. The van der Waals surface area contributed by atoms with Gasteiger partial charge in [-0.2, -0.15) is 0 Å². The number of nitrogens with zero attached hydrogens (tertiary/aromatic N) is 3. The minimum absolute atomic E-state index is 0.194. The minimum atomic E-state index is -0.860. The summed E-state index contributed by atoms with van der Waals surface area (Å²) in [6.07, 6.45) is 0. The zero-order valence-electron chi connectivity index (χ0n) is 19.3. The summed E-state index contributed by atoms with van der Waals surface area (Å²) < 4.78 is 11.9. The van der Waals surface area contributed by atoms with Gasteiger partial charge < -0.3 is 19.4 Å². The molecule has 9 heteroatoms. The van der Waals surface area contributed by atoms with E-state index in [4.69, 9.17) is 9.47 Å². The lowest BCUT2D eigenvalue weighted by molar-refractivity contribution is -0.138. The van der Waals surface area contributed by atoms with Gasteiger partial charge in [0.25, 0.3) is 5.56 Å². The number of rotatable bonds is 5. The number of carbonyl (C=O) groups is 1. The number of amides is 1. The zero-order valence-corrected chi connectivity index (χ0v) is 19.3. The highest BCUT2D eigenvalue weighted by Gasteiger charge is 2.33. The molecule has 5 rings (SSSR count). The van der Waals surface area contributed by atoms with Crippen molar-refractivity contribution < 1.29 is 14.3 Å². The number of nitrogens with one attached hydrogen (secondary N) is 1. The van der Waals surface area contributed by atoms with Crippen LogP contribution < -0.4 is 20.7 Å². The van der Waals surface area contributed by atoms with Gasteiger partial charge in [0, 0.05) is 32.7 Å². The molecule has 0 radical (unpaired) electrons. The van der Waals surface area contributed by atoms with Crippen LogP contribution in [-0.4, -0.2) is 58.2 Å². The number of carbonyl (C=O) groups excluding carboxylic acids is 1. The fraction of sp³-hybridized carbons (Fsp3) is 0.400. The molecule has 0 unspecified atom stereocenters. The molecular formula is C25H28N4O5. The third-order valence-corrected chi connectivity index (χ3v) is 6.53. The topological polar surface area (TPSA) is 96.9 Å². The Balaban J connectivity index is 1.31. The predicted molar refractivity (Wildman–Crippen MR) is 127 cm³/mol. The summed E-state index contributed by atoms with van der Waals surface area (Å²) in [5, 5.41) is 0.397. The molecule has 2 aliphatic rings. The van der Waals surface area contributed by atoms with Crippen LogP contribution in [0.25, 0.3) is 10.9 Å². The lowest BCUT2D eigenvalue weighted by Crippen LogP contribution is -2.53. The van der Waals surface area contributed by atoms with Crippen molar-refractivity contribution in [3.05, 3.63) is 68.9 Å². The fourth-order valence-electron chi connectivity index (χ4n) is 4.73. The summed E-state index contributed by atoms with van der Waals surface area (Å²) in [6.45, 7) is 7.19. The van der Waals surface area contributed by atoms with Gasteiger partial charge in [-0.3, -0.25) is 14.5 Å². The summed E-state index contributed by atoms with van der Waals surface area (Å²) in [7, 11) is 0. The maximum atomic E-state index is 13.5. The summed E-state index contributed by atoms with van der Waals surface area (Å²) in [5.74, 6) is 1.11. The monoisotopic (exact) mass is 464 g/mol. The van der Waals surface area contributed by atoms with Crippen molar-refractivity contribution >= 4 is 16.8 Å². The van der Waals surface area contributed by atoms with E-state index in [0.717, 1.165) is 28.2 Å². The van der Waals surface area contributed by atoms with Crippen molar-refractivity contribution in [1.82, 2.24) is 19.4 Å². The molecule has 1 aromatic heterocycles. The van der Waals surface area contributed by atoms with Gasteiger partial charge >= 0.3 is 5.69 Å². The van der Waals surface area contributed by atoms with Gasteiger partial charge in [-0.15, -0.1) is 0 Å². The number of H-pyrrole nitrogens is 1. The number of benzene rings is 2. The molecule has 9 nitrogen and oxygen atoms in total. The smallest absolute Gasteiger partial charge is 0.329 e. The van der Waals surface area contributed by atoms with Crippen molar-refractivity contribution in [2.75, 3.05) is 33.0 Å². The van der Waals surface area contributed by atoms with E-state index in [-0.39, 0.29) is 18.6 Å². The number of ether oxygens (including phenoxy) is 2. The predicted octanol–water partition coefficient (Wildman–Crippen LogP) is 1.96. The number of aromatic amines is 1. The molecule has 1 N–H and O–H groups in total. The first-order valence-electron chi connectivity index (χ1n) is 11.6. The lowest BCUT2D eigenvalue weighted by Gasteiger charge is -2.37. The van der Waals surface area contributed by atoms with Gasteiger partial charge in [0.15, 0.2) is 11.5 Å². The van der Waals surface area contributed by atoms with Crippen LogP contribution in [0, 0.1) is 5.92 Å². The SMILES string of the molecule is CC(C)[C@@H](C(=O)N1CCN(Cc2ccc3c(c2)OCO3)CC1)n1c(=O)[nH]c2ccccc2c1=O. The van der Waals surface area contributed by atoms with Crippen LogP contribution in [0.5, 0.6) is 11.5 Å². The van der Waals surface area contributed by atoms with E-state index in [1.807, 2.05) is 32.0 Å². The molecule has 0 spiro atoms. The summed E-state index contributed by atoms with van der Waals surface area (Å²) in [4.78, 5) is 46.3. The van der Waals surface area contributed by atoms with Crippen LogP contribution in [0.1, 0.15) is 25.5 Å². The molecule has 178 valence electrons. The van der Waals surface area contributed by atoms with E-state index >= 15 is 0 Å². The Kier molecular flexibility index (Phi) is 5.87. The number of fused-ring (bicyclic) bond motifs is 2. The molecule has 3 heterocycles. The molecule has 34 heavy (non-hydrogen) atoms. The Morgan fingerprint density at radius 3 is 2.50 bits per heavy atom. The Morgan fingerprint density at radius 1 is 1.00 bits per heavy atom. The number of piperazine rings is 1. The summed E-state index contributed by atoms with van der Waals surface area (Å²) >= 11 is 0. The van der Waals surface area contributed by atoms with E-state index in [1.54, 1.807) is 29.2 Å². The quantitative estimate of drug-likeness (QED) is 0.620. The Morgan fingerprint density at radius 2 is 1.74 bits per heavy atom. The largest absolute Gasteiger partial charge is 0.454 e. The van der Waals surface area contributed by atoms with Crippen molar-refractivity contribution in [2.24, 2.45) is 5.92 Å². The first-order valence-corrected chi connectivity index (χ1v) is 11.6. The van der Waals surface area contributed by atoms with Gasteiger partial charge in [0.2, 0.25) is 12.7 Å². The third-order valence-electron chi connectivity index (χ3n) is 6.53. The molecule has 1 saturated heterocycles. The second kappa shape index (κ2) is 8.98. The van der Waals surface area contributed by atoms with Crippen molar-refractivity contribution in [1.29, 1.82) is 0 Å². The van der Waals surface area contributed by atoms with E-state index < -0.39 is 17.3 Å². The van der Waals surface area contributed by atoms with Crippen molar-refractivity contribution in [3.63, 3.8) is 0 Å². The van der Waals surface area contributed by atoms with Crippen LogP contribution in [-0.2, 0) is 11.3 Å². The summed E-state index contributed by atoms with van der Waals surface area (Å²) in [6, 6.07) is 11.9. The number of hydrogen-bond donors (Lipinski definition) is 1. The molecule has 0 saturated carbocycles. The highest BCUT2D eigenvalue weighted by Crippen LogP contribution is 2.33. The van der Waals surface area contributed by atoms with Gasteiger partial charge in [-0.1, -0.05) is 32.0 Å². The fourth-order valence-corrected chi connectivity index (χ4v) is 4.73. The minimum Gasteiger partial charge on any atom is -0.454 e. The van der Waals surface area contributed by atoms with Crippen LogP contribution in [0.15, 0.2) is 52.1 Å². The maximum Gasteiger partial charge on any atom is 0.329 e. The standard InChI is InChI=1S/C25H28N4O5/c1-16(2)22(29-23(30)18-5-3-4-6-19(18)26-25(29)32)24(31)28-11-9-27(10-12-28)14-17-7-8-20-21(13-17)34-15-33-20/h3-8,13,16,22H,9-12,14-15H2,1-2H3,(H,26,32)/t22-/m0/s1. The van der Waals surface area contributed by atoms with E-state index in [9.17, 15) is 14.4 Å². The second-order valence-electron chi connectivity index (χ2n) is 9.13. The van der Waals surface area contributed by atoms with Crippen LogP contribution in [0.4, 0.5) is 0 Å². The molecule has 1 atom stereocenters. The molecule has 2 aromatic carbocycles. The van der Waals surface area contributed by atoms with Gasteiger partial charge in [-0.05, 0) is 35.7 Å². The highest BCUT2D eigenvalue weighted by molar-refractivity contribution is 5.82. The molecule has 2 aliphatic heterocycles. The van der Waals surface area contributed by atoms with Crippen molar-refractivity contribution in [2.45, 2.75) is 26.4 Å². The molecule has 3 aromatic rings. The first-order chi connectivity index (χ1) is 16.4. The second-order valence-corrected chi connectivity index (χ2v) is 9.13. The molecular weight excluding hydrogens is 436 g/mol. The van der Waals surface area contributed by atoms with E-state index in [2.05, 4.69) is 9.88 Å². The van der Waals surface area contributed by atoms with Crippen LogP contribution >= 0.6 is 0 Å². The van der Waals surface area contributed by atoms with Gasteiger partial charge in [-0.25, -0.2) is 9.36 Å². The average Bonchev–Trinajstić information content (AvgIpc) is 3.29. The maximum absolute atomic E-state index is 13.5. The summed E-state index contributed by atoms with van der Waals surface area (Å²) in [5.41, 5.74) is 0.601. The van der Waals surface area contributed by atoms with E-state index in [0.29, 0.717) is 37.1 Å². The van der Waals surface area contributed by atoms with Crippen molar-refractivity contribution in [3.8, 4) is 11.5 Å². The Bertz CT molecular complexity index is 1340. The molecule has 0 bridgehead atoms. The van der Waals surface area contributed by atoms with Gasteiger partial charge in [0.05, 0.1) is 10.9 Å². The molecule has 1 fully saturated rings. The number of para-hydroxylation sites is 1. The normalized spacial score (nSPS) is 16.9. The van der Waals surface area contributed by atoms with Crippen LogP contribution in [0.3, 0.4) is 0 Å². The third kappa shape index (κ3) is 4.07. The molecule has 0 aliphatic carbocycles. The zero-order chi connectivity index (χ0) is 23.8. The Hall–Kier alpha value is -3.59. The molecule has 1 amide bonds. The number of hydrogen-bond acceptors (Lipinski definition) is 6. The highest BCUT2D eigenvalue weighted by atomic mass is 16.7. The Labute approximate surface area is 196 Å². The first kappa shape index (κ1) is 22.2. The van der Waals surface area contributed by atoms with Crippen LogP contribution in [0.2, 0.25) is 0 Å². The average molecular weight is 465 g/mol.